The van der Waals surface area contributed by atoms with Crippen LogP contribution in [0.1, 0.15) is 46.5 Å². The number of ether oxygens (including phenoxy) is 1. The number of nitrogens with zero attached hydrogens (tertiary/aromatic N) is 1. The molecule has 0 radical (unpaired) electrons. The second kappa shape index (κ2) is 7.68. The van der Waals surface area contributed by atoms with Crippen molar-refractivity contribution in [3.63, 3.8) is 0 Å². The van der Waals surface area contributed by atoms with Crippen molar-refractivity contribution < 1.29 is 4.74 Å². The smallest absolute Gasteiger partial charge is 0.0672 e. The summed E-state index contributed by atoms with van der Waals surface area (Å²) in [6, 6.07) is 3.18. The minimum absolute atomic E-state index is 0.187. The molecule has 3 atom stereocenters. The summed E-state index contributed by atoms with van der Waals surface area (Å²) < 4.78 is 5.52. The Balaban J connectivity index is 2.49. The quantitative estimate of drug-likeness (QED) is 0.774. The topological polar surface area (TPSA) is 45.0 Å². The average Bonchev–Trinajstić information content (AvgIpc) is 2.34. The van der Waals surface area contributed by atoms with E-state index in [1.807, 2.05) is 6.92 Å². The van der Waals surface area contributed by atoms with Gasteiger partial charge in [0.2, 0.25) is 0 Å². The van der Waals surface area contributed by atoms with E-state index in [9.17, 15) is 0 Å². The predicted molar refractivity (Wildman–Crippen MR) is 69.6 cm³/mol. The molecular formula is C14H26N2O. The molecule has 0 spiro atoms. The van der Waals surface area contributed by atoms with E-state index in [0.717, 1.165) is 26.1 Å². The van der Waals surface area contributed by atoms with Crippen molar-refractivity contribution in [1.82, 2.24) is 5.32 Å². The molecule has 1 rings (SSSR count). The summed E-state index contributed by atoms with van der Waals surface area (Å²) in [7, 11) is 0. The van der Waals surface area contributed by atoms with Gasteiger partial charge in [0, 0.05) is 18.7 Å². The molecule has 0 aromatic heterocycles. The fourth-order valence-electron chi connectivity index (χ4n) is 2.44. The molecule has 1 aliphatic carbocycles. The van der Waals surface area contributed by atoms with E-state index in [0.29, 0.717) is 18.0 Å². The molecule has 0 bridgehead atoms. The summed E-state index contributed by atoms with van der Waals surface area (Å²) in [6.07, 6.45) is 4.63. The van der Waals surface area contributed by atoms with Gasteiger partial charge in [-0.3, -0.25) is 0 Å². The summed E-state index contributed by atoms with van der Waals surface area (Å²) in [6.45, 7) is 7.96. The van der Waals surface area contributed by atoms with E-state index >= 15 is 0 Å². The molecule has 0 aromatic rings. The monoisotopic (exact) mass is 238 g/mol. The highest BCUT2D eigenvalue weighted by molar-refractivity contribution is 4.96. The van der Waals surface area contributed by atoms with Crippen LogP contribution in [0, 0.1) is 23.2 Å². The molecule has 1 fully saturated rings. The molecule has 1 saturated carbocycles. The normalized spacial score (nSPS) is 26.8. The van der Waals surface area contributed by atoms with Crippen molar-refractivity contribution in [3.8, 4) is 6.07 Å². The Morgan fingerprint density at radius 2 is 2.06 bits per heavy atom. The number of hydrogen-bond acceptors (Lipinski definition) is 3. The molecule has 3 unspecified atom stereocenters. The molecule has 3 nitrogen and oxygen atoms in total. The van der Waals surface area contributed by atoms with Gasteiger partial charge in [-0.15, -0.1) is 0 Å². The van der Waals surface area contributed by atoms with Crippen molar-refractivity contribution in [2.75, 3.05) is 13.2 Å². The van der Waals surface area contributed by atoms with Crippen LogP contribution in [-0.2, 0) is 4.74 Å². The van der Waals surface area contributed by atoms with Crippen molar-refractivity contribution in [2.24, 2.45) is 11.8 Å². The lowest BCUT2D eigenvalue weighted by atomic mass is 9.84. The van der Waals surface area contributed by atoms with Crippen LogP contribution in [0.3, 0.4) is 0 Å². The lowest BCUT2D eigenvalue weighted by molar-refractivity contribution is 0.0970. The molecule has 0 saturated heterocycles. The highest BCUT2D eigenvalue weighted by Crippen LogP contribution is 2.24. The Morgan fingerprint density at radius 3 is 2.65 bits per heavy atom. The zero-order valence-corrected chi connectivity index (χ0v) is 11.4. The van der Waals surface area contributed by atoms with Gasteiger partial charge in [0.15, 0.2) is 0 Å². The van der Waals surface area contributed by atoms with E-state index in [2.05, 4.69) is 25.2 Å². The van der Waals surface area contributed by atoms with Crippen LogP contribution < -0.4 is 5.32 Å². The molecular weight excluding hydrogens is 212 g/mol. The average molecular weight is 238 g/mol. The van der Waals surface area contributed by atoms with Crippen LogP contribution in [0.25, 0.3) is 0 Å². The van der Waals surface area contributed by atoms with E-state index in [4.69, 9.17) is 10.00 Å². The molecule has 0 aliphatic heterocycles. The fraction of sp³-hybridized carbons (Fsp3) is 0.929. The largest absolute Gasteiger partial charge is 0.380 e. The highest BCUT2D eigenvalue weighted by atomic mass is 16.5. The third-order valence-corrected chi connectivity index (χ3v) is 3.67. The lowest BCUT2D eigenvalue weighted by Gasteiger charge is -2.33. The Kier molecular flexibility index (Phi) is 6.54. The molecule has 3 heteroatoms. The first-order valence-electron chi connectivity index (χ1n) is 6.92. The van der Waals surface area contributed by atoms with Crippen molar-refractivity contribution in [2.45, 2.75) is 58.5 Å². The van der Waals surface area contributed by atoms with Gasteiger partial charge in [-0.1, -0.05) is 26.7 Å². The van der Waals surface area contributed by atoms with Crippen LogP contribution in [-0.4, -0.2) is 25.3 Å². The molecule has 1 aliphatic rings. The Bertz CT molecular complexity index is 247. The van der Waals surface area contributed by atoms with Gasteiger partial charge >= 0.3 is 0 Å². The first-order valence-corrected chi connectivity index (χ1v) is 6.92. The Hall–Kier alpha value is -0.590. The van der Waals surface area contributed by atoms with Gasteiger partial charge in [-0.25, -0.2) is 0 Å². The molecule has 98 valence electrons. The zero-order chi connectivity index (χ0) is 12.7. The molecule has 0 aromatic carbocycles. The maximum absolute atomic E-state index is 9.17. The highest BCUT2D eigenvalue weighted by Gasteiger charge is 2.27. The standard InChI is InChI=1S/C14H26N2O/c1-4-17-10-14(11(2)3)16-13-8-6-5-7-12(13)9-15/h11-14,16H,4-8,10H2,1-3H3. The van der Waals surface area contributed by atoms with Gasteiger partial charge in [0.05, 0.1) is 18.6 Å². The molecule has 0 heterocycles. The number of rotatable bonds is 6. The van der Waals surface area contributed by atoms with E-state index in [1.165, 1.54) is 12.8 Å². The number of nitrogens with one attached hydrogen (secondary N) is 1. The van der Waals surface area contributed by atoms with E-state index < -0.39 is 0 Å². The van der Waals surface area contributed by atoms with Gasteiger partial charge in [-0.2, -0.15) is 5.26 Å². The summed E-state index contributed by atoms with van der Waals surface area (Å²) in [5, 5.41) is 12.8. The second-order valence-electron chi connectivity index (χ2n) is 5.30. The van der Waals surface area contributed by atoms with Crippen LogP contribution >= 0.6 is 0 Å². The number of nitriles is 1. The zero-order valence-electron chi connectivity index (χ0n) is 11.4. The van der Waals surface area contributed by atoms with E-state index in [-0.39, 0.29) is 5.92 Å². The van der Waals surface area contributed by atoms with Crippen LogP contribution in [0.5, 0.6) is 0 Å². The SMILES string of the molecule is CCOCC(NC1CCCCC1C#N)C(C)C. The van der Waals surface area contributed by atoms with Crippen molar-refractivity contribution in [3.05, 3.63) is 0 Å². The number of hydrogen-bond donors (Lipinski definition) is 1. The van der Waals surface area contributed by atoms with E-state index in [1.54, 1.807) is 0 Å². The third-order valence-electron chi connectivity index (χ3n) is 3.67. The predicted octanol–water partition coefficient (Wildman–Crippen LogP) is 2.72. The van der Waals surface area contributed by atoms with Crippen LogP contribution in [0.15, 0.2) is 0 Å². The van der Waals surface area contributed by atoms with Gasteiger partial charge in [-0.05, 0) is 25.7 Å². The van der Waals surface area contributed by atoms with Crippen LogP contribution in [0.2, 0.25) is 0 Å². The summed E-state index contributed by atoms with van der Waals surface area (Å²) in [4.78, 5) is 0. The van der Waals surface area contributed by atoms with Gasteiger partial charge < -0.3 is 10.1 Å². The summed E-state index contributed by atoms with van der Waals surface area (Å²) in [5.74, 6) is 0.731. The third kappa shape index (κ3) is 4.65. The minimum atomic E-state index is 0.187. The summed E-state index contributed by atoms with van der Waals surface area (Å²) >= 11 is 0. The first-order chi connectivity index (χ1) is 8.19. The molecule has 0 amide bonds. The maximum Gasteiger partial charge on any atom is 0.0672 e. The molecule has 17 heavy (non-hydrogen) atoms. The first kappa shape index (κ1) is 14.5. The molecule has 1 N–H and O–H groups in total. The maximum atomic E-state index is 9.17. The van der Waals surface area contributed by atoms with Crippen molar-refractivity contribution >= 4 is 0 Å². The van der Waals surface area contributed by atoms with Crippen LogP contribution in [0.4, 0.5) is 0 Å². The minimum Gasteiger partial charge on any atom is -0.380 e. The summed E-state index contributed by atoms with van der Waals surface area (Å²) in [5.41, 5.74) is 0. The Labute approximate surface area is 106 Å². The van der Waals surface area contributed by atoms with Gasteiger partial charge in [0.1, 0.15) is 0 Å². The fourth-order valence-corrected chi connectivity index (χ4v) is 2.44. The lowest BCUT2D eigenvalue weighted by Crippen LogP contribution is -2.48. The second-order valence-corrected chi connectivity index (χ2v) is 5.30. The Morgan fingerprint density at radius 1 is 1.35 bits per heavy atom. The van der Waals surface area contributed by atoms with Gasteiger partial charge in [0.25, 0.3) is 0 Å². The van der Waals surface area contributed by atoms with Crippen molar-refractivity contribution in [1.29, 1.82) is 5.26 Å².